The molecule has 0 saturated heterocycles. The molecule has 0 aromatic rings. The van der Waals surface area contributed by atoms with E-state index in [4.69, 9.17) is 0 Å². The maximum absolute atomic E-state index is 2.59. The standard InChI is InChI=1S/C9H17Si.3C4H9.Sn/c1-5-9(8-6-7-8)10(2,3)4;3*1-3-4-2;/h1,5-7H2,2-4H3;3*1,3-4H2,2H3;. The van der Waals surface area contributed by atoms with Crippen LogP contribution in [0.3, 0.4) is 0 Å². The first-order valence-corrected chi connectivity index (χ1v) is 22.2. The van der Waals surface area contributed by atoms with E-state index in [-0.39, 0.29) is 0 Å². The molecule has 0 atom stereocenters. The van der Waals surface area contributed by atoms with Gasteiger partial charge < -0.3 is 0 Å². The van der Waals surface area contributed by atoms with Crippen LogP contribution in [0.2, 0.25) is 37.4 Å². The minimum atomic E-state index is -1.89. The van der Waals surface area contributed by atoms with Crippen molar-refractivity contribution in [2.24, 2.45) is 0 Å². The van der Waals surface area contributed by atoms with Gasteiger partial charge in [-0.05, 0) is 0 Å². The molecule has 1 saturated carbocycles. The molecule has 0 aromatic heterocycles. The van der Waals surface area contributed by atoms with Gasteiger partial charge in [-0.2, -0.15) is 0 Å². The van der Waals surface area contributed by atoms with Crippen LogP contribution < -0.4 is 0 Å². The average Bonchev–Trinajstić information content (AvgIpc) is 3.32. The molecule has 0 aromatic carbocycles. The van der Waals surface area contributed by atoms with Gasteiger partial charge in [0.25, 0.3) is 0 Å². The van der Waals surface area contributed by atoms with Crippen LogP contribution in [0.15, 0.2) is 10.8 Å². The number of hydrogen-bond donors (Lipinski definition) is 0. The third-order valence-corrected chi connectivity index (χ3v) is 24.2. The average molecular weight is 443 g/mol. The Balaban J connectivity index is 2.81. The van der Waals surface area contributed by atoms with E-state index in [0.29, 0.717) is 0 Å². The van der Waals surface area contributed by atoms with Gasteiger partial charge in [0.2, 0.25) is 0 Å². The van der Waals surface area contributed by atoms with Crippen LogP contribution >= 0.6 is 0 Å². The van der Waals surface area contributed by atoms with Crippen LogP contribution in [0.4, 0.5) is 0 Å². The summed E-state index contributed by atoms with van der Waals surface area (Å²) in [5.41, 5.74) is 1.89. The van der Waals surface area contributed by atoms with Crippen LogP contribution in [0.5, 0.6) is 0 Å². The third-order valence-electron chi connectivity index (χ3n) is 5.92. The third kappa shape index (κ3) is 8.12. The van der Waals surface area contributed by atoms with Crippen LogP contribution in [-0.2, 0) is 0 Å². The zero-order valence-corrected chi connectivity index (χ0v) is 21.0. The molecular weight excluding hydrogens is 399 g/mol. The van der Waals surface area contributed by atoms with Crippen molar-refractivity contribution in [1.29, 1.82) is 0 Å². The molecule has 1 aliphatic rings. The molecule has 23 heavy (non-hydrogen) atoms. The quantitative estimate of drug-likeness (QED) is 0.252. The first-order chi connectivity index (χ1) is 10.9. The van der Waals surface area contributed by atoms with Crippen LogP contribution in [0, 0.1) is 0 Å². The van der Waals surface area contributed by atoms with E-state index >= 15 is 0 Å². The summed E-state index contributed by atoms with van der Waals surface area (Å²) in [5.74, 6) is 0. The number of rotatable bonds is 13. The molecule has 1 rings (SSSR count). The molecular formula is C21H44SiSn. The minimum absolute atomic E-state index is 1.07. The van der Waals surface area contributed by atoms with Crippen molar-refractivity contribution in [3.63, 3.8) is 0 Å². The Bertz CT molecular complexity index is 337. The Morgan fingerprint density at radius 3 is 1.52 bits per heavy atom. The molecule has 2 heteroatoms. The Morgan fingerprint density at radius 2 is 1.22 bits per heavy atom. The molecule has 0 radical (unpaired) electrons. The molecule has 0 nitrogen and oxygen atoms in total. The van der Waals surface area contributed by atoms with Crippen molar-refractivity contribution in [2.45, 2.75) is 116 Å². The molecule has 0 aliphatic heterocycles. The Hall–Kier alpha value is 0.756. The predicted molar refractivity (Wildman–Crippen MR) is 114 cm³/mol. The molecule has 1 aliphatic carbocycles. The summed E-state index contributed by atoms with van der Waals surface area (Å²) < 4.78 is 6.77. The fourth-order valence-corrected chi connectivity index (χ4v) is 23.1. The molecule has 0 amide bonds. The Kier molecular flexibility index (Phi) is 10.1. The van der Waals surface area contributed by atoms with Gasteiger partial charge in [-0.15, -0.1) is 0 Å². The van der Waals surface area contributed by atoms with Crippen LogP contribution in [0.25, 0.3) is 0 Å². The molecule has 0 bridgehead atoms. The second-order valence-corrected chi connectivity index (χ2v) is 28.5. The monoisotopic (exact) mass is 444 g/mol. The van der Waals surface area contributed by atoms with E-state index in [0.717, 1.165) is 0 Å². The first-order valence-electron chi connectivity index (χ1n) is 10.6. The second-order valence-electron chi connectivity index (χ2n) is 9.14. The normalized spacial score (nSPS) is 15.1. The van der Waals surface area contributed by atoms with Gasteiger partial charge in [0.15, 0.2) is 0 Å². The Morgan fingerprint density at radius 1 is 0.783 bits per heavy atom. The summed E-state index contributed by atoms with van der Waals surface area (Å²) in [5, 5.41) is 2.00. The number of unbranched alkanes of at least 4 members (excludes halogenated alkanes) is 3. The fraction of sp³-hybridized carbons (Fsp3) is 0.905. The molecule has 136 valence electrons. The Labute approximate surface area is 152 Å². The van der Waals surface area contributed by atoms with Crippen LogP contribution in [-0.4, -0.2) is 26.5 Å². The van der Waals surface area contributed by atoms with Crippen molar-refractivity contribution >= 4 is 26.5 Å². The van der Waals surface area contributed by atoms with E-state index in [1.165, 1.54) is 57.8 Å². The summed E-state index contributed by atoms with van der Waals surface area (Å²) in [7, 11) is -1.07. The fourth-order valence-electron chi connectivity index (χ4n) is 4.24. The van der Waals surface area contributed by atoms with Gasteiger partial charge in [0.05, 0.1) is 0 Å². The summed E-state index contributed by atoms with van der Waals surface area (Å²) >= 11 is -1.89. The predicted octanol–water partition coefficient (Wildman–Crippen LogP) is 8.19. The van der Waals surface area contributed by atoms with Gasteiger partial charge >= 0.3 is 153 Å². The van der Waals surface area contributed by atoms with Crippen LogP contribution in [0.1, 0.15) is 78.6 Å². The number of hydrogen-bond acceptors (Lipinski definition) is 0. The zero-order valence-electron chi connectivity index (χ0n) is 17.2. The topological polar surface area (TPSA) is 0 Å². The zero-order chi connectivity index (χ0) is 17.3. The first kappa shape index (κ1) is 21.8. The SMILES string of the molecule is CCC[CH2][Sn]([CH2]CCC)([CH2]CCC)[CH2]CC(=C1CC1)[Si](C)(C)C. The van der Waals surface area contributed by atoms with E-state index in [1.807, 2.05) is 10.8 Å². The maximum atomic E-state index is 2.59. The molecule has 1 fully saturated rings. The van der Waals surface area contributed by atoms with Crippen molar-refractivity contribution in [2.75, 3.05) is 0 Å². The molecule has 0 spiro atoms. The van der Waals surface area contributed by atoms with E-state index in [9.17, 15) is 0 Å². The van der Waals surface area contributed by atoms with Gasteiger partial charge in [0.1, 0.15) is 0 Å². The summed E-state index contributed by atoms with van der Waals surface area (Å²) in [4.78, 5) is 0. The summed E-state index contributed by atoms with van der Waals surface area (Å²) in [6, 6.07) is 0. The van der Waals surface area contributed by atoms with Gasteiger partial charge in [0, 0.05) is 0 Å². The van der Waals surface area contributed by atoms with E-state index in [1.54, 1.807) is 17.7 Å². The molecule has 0 N–H and O–H groups in total. The van der Waals surface area contributed by atoms with Gasteiger partial charge in [-0.3, -0.25) is 0 Å². The molecule has 0 heterocycles. The van der Waals surface area contributed by atoms with Crippen molar-refractivity contribution in [3.8, 4) is 0 Å². The number of allylic oxidation sites excluding steroid dienone is 2. The second kappa shape index (κ2) is 10.7. The van der Waals surface area contributed by atoms with Gasteiger partial charge in [-0.25, -0.2) is 0 Å². The van der Waals surface area contributed by atoms with E-state index < -0.39 is 26.5 Å². The van der Waals surface area contributed by atoms with E-state index in [2.05, 4.69) is 40.4 Å². The summed E-state index contributed by atoms with van der Waals surface area (Å²) in [6.45, 7) is 15.0. The van der Waals surface area contributed by atoms with Crippen molar-refractivity contribution in [1.82, 2.24) is 0 Å². The van der Waals surface area contributed by atoms with Crippen molar-refractivity contribution < 1.29 is 0 Å². The van der Waals surface area contributed by atoms with Crippen molar-refractivity contribution in [3.05, 3.63) is 10.8 Å². The summed E-state index contributed by atoms with van der Waals surface area (Å²) in [6.07, 6.45) is 13.3. The molecule has 0 unspecified atom stereocenters. The van der Waals surface area contributed by atoms with Gasteiger partial charge in [-0.1, -0.05) is 0 Å².